The molecule has 0 aliphatic heterocycles. The standard InChI is InChI=1S/C13H20N2O/c14-12-4-1-2-5-13(12)15-8-3-9-16-10-11-6-7-11/h1-2,4-5,11,15H,3,6-10,14H2. The molecule has 88 valence electrons. The summed E-state index contributed by atoms with van der Waals surface area (Å²) in [6.45, 7) is 2.71. The summed E-state index contributed by atoms with van der Waals surface area (Å²) in [6, 6.07) is 7.84. The minimum atomic E-state index is 0.807. The Bertz CT molecular complexity index is 323. The van der Waals surface area contributed by atoms with Crippen LogP contribution in [0.4, 0.5) is 11.4 Å². The molecule has 1 aromatic carbocycles. The Labute approximate surface area is 97.0 Å². The molecular formula is C13H20N2O. The quantitative estimate of drug-likeness (QED) is 0.548. The molecule has 1 fully saturated rings. The monoisotopic (exact) mass is 220 g/mol. The Morgan fingerprint density at radius 2 is 2.12 bits per heavy atom. The van der Waals surface area contributed by atoms with Crippen LogP contribution in [0, 0.1) is 5.92 Å². The average Bonchev–Trinajstić information content (AvgIpc) is 3.09. The minimum Gasteiger partial charge on any atom is -0.397 e. The number of benzene rings is 1. The second-order valence-electron chi connectivity index (χ2n) is 4.39. The zero-order chi connectivity index (χ0) is 11.2. The molecule has 0 aromatic heterocycles. The fourth-order valence-corrected chi connectivity index (χ4v) is 1.59. The van der Waals surface area contributed by atoms with E-state index in [1.165, 1.54) is 12.8 Å². The van der Waals surface area contributed by atoms with Crippen molar-refractivity contribution in [1.29, 1.82) is 0 Å². The molecule has 1 saturated carbocycles. The molecule has 0 spiro atoms. The maximum Gasteiger partial charge on any atom is 0.0573 e. The molecule has 0 amide bonds. The number of anilines is 2. The highest BCUT2D eigenvalue weighted by Gasteiger charge is 2.20. The maximum atomic E-state index is 5.82. The van der Waals surface area contributed by atoms with Crippen LogP contribution in [0.2, 0.25) is 0 Å². The highest BCUT2D eigenvalue weighted by molar-refractivity contribution is 5.65. The third-order valence-corrected chi connectivity index (χ3v) is 2.79. The summed E-state index contributed by atoms with van der Waals surface area (Å²) in [4.78, 5) is 0. The number of hydrogen-bond donors (Lipinski definition) is 2. The van der Waals surface area contributed by atoms with E-state index in [-0.39, 0.29) is 0 Å². The molecule has 3 nitrogen and oxygen atoms in total. The van der Waals surface area contributed by atoms with Crippen LogP contribution in [0.25, 0.3) is 0 Å². The van der Waals surface area contributed by atoms with Crippen molar-refractivity contribution in [3.8, 4) is 0 Å². The van der Waals surface area contributed by atoms with Gasteiger partial charge in [-0.25, -0.2) is 0 Å². The summed E-state index contributed by atoms with van der Waals surface area (Å²) in [5.41, 5.74) is 7.64. The van der Waals surface area contributed by atoms with Crippen molar-refractivity contribution >= 4 is 11.4 Å². The first-order valence-electron chi connectivity index (χ1n) is 6.02. The number of para-hydroxylation sites is 2. The fourth-order valence-electron chi connectivity index (χ4n) is 1.59. The molecule has 1 aliphatic carbocycles. The third-order valence-electron chi connectivity index (χ3n) is 2.79. The highest BCUT2D eigenvalue weighted by atomic mass is 16.5. The van der Waals surface area contributed by atoms with Gasteiger partial charge in [0.2, 0.25) is 0 Å². The second-order valence-corrected chi connectivity index (χ2v) is 4.39. The van der Waals surface area contributed by atoms with E-state index in [2.05, 4.69) is 5.32 Å². The highest BCUT2D eigenvalue weighted by Crippen LogP contribution is 2.28. The van der Waals surface area contributed by atoms with Gasteiger partial charge in [-0.05, 0) is 37.3 Å². The first-order chi connectivity index (χ1) is 7.86. The molecule has 16 heavy (non-hydrogen) atoms. The summed E-state index contributed by atoms with van der Waals surface area (Å²) in [5.74, 6) is 0.859. The van der Waals surface area contributed by atoms with Gasteiger partial charge in [0.25, 0.3) is 0 Å². The van der Waals surface area contributed by atoms with Crippen LogP contribution in [0.1, 0.15) is 19.3 Å². The lowest BCUT2D eigenvalue weighted by Crippen LogP contribution is -2.08. The van der Waals surface area contributed by atoms with E-state index in [1.807, 2.05) is 24.3 Å². The predicted molar refractivity (Wildman–Crippen MR) is 67.5 cm³/mol. The smallest absolute Gasteiger partial charge is 0.0573 e. The zero-order valence-electron chi connectivity index (χ0n) is 9.61. The summed E-state index contributed by atoms with van der Waals surface area (Å²) in [5, 5.41) is 3.31. The molecule has 0 atom stereocenters. The number of nitrogen functional groups attached to an aromatic ring is 1. The van der Waals surface area contributed by atoms with E-state index < -0.39 is 0 Å². The van der Waals surface area contributed by atoms with Crippen LogP contribution in [-0.4, -0.2) is 19.8 Å². The van der Waals surface area contributed by atoms with Gasteiger partial charge in [0, 0.05) is 19.8 Å². The minimum absolute atomic E-state index is 0.807. The van der Waals surface area contributed by atoms with Crippen molar-refractivity contribution in [3.05, 3.63) is 24.3 Å². The number of hydrogen-bond acceptors (Lipinski definition) is 3. The fraction of sp³-hybridized carbons (Fsp3) is 0.538. The van der Waals surface area contributed by atoms with Gasteiger partial charge < -0.3 is 15.8 Å². The van der Waals surface area contributed by atoms with Gasteiger partial charge in [0.15, 0.2) is 0 Å². The lowest BCUT2D eigenvalue weighted by molar-refractivity contribution is 0.124. The molecular weight excluding hydrogens is 200 g/mol. The van der Waals surface area contributed by atoms with E-state index in [0.717, 1.165) is 43.5 Å². The summed E-state index contributed by atoms with van der Waals surface area (Å²) in [7, 11) is 0. The van der Waals surface area contributed by atoms with Crippen molar-refractivity contribution in [1.82, 2.24) is 0 Å². The normalized spacial score (nSPS) is 15.0. The Morgan fingerprint density at radius 1 is 1.31 bits per heavy atom. The van der Waals surface area contributed by atoms with E-state index in [1.54, 1.807) is 0 Å². The molecule has 0 saturated heterocycles. The molecule has 1 aromatic rings. The van der Waals surface area contributed by atoms with Crippen molar-refractivity contribution in [2.24, 2.45) is 5.92 Å². The molecule has 1 aliphatic rings. The number of nitrogens with two attached hydrogens (primary N) is 1. The van der Waals surface area contributed by atoms with Crippen LogP contribution in [0.3, 0.4) is 0 Å². The molecule has 3 heteroatoms. The molecule has 0 radical (unpaired) electrons. The van der Waals surface area contributed by atoms with E-state index >= 15 is 0 Å². The number of nitrogens with one attached hydrogen (secondary N) is 1. The predicted octanol–water partition coefficient (Wildman–Crippen LogP) is 2.50. The summed E-state index contributed by atoms with van der Waals surface area (Å²) < 4.78 is 5.55. The van der Waals surface area contributed by atoms with Crippen LogP contribution in [-0.2, 0) is 4.74 Å². The van der Waals surface area contributed by atoms with Gasteiger partial charge >= 0.3 is 0 Å². The van der Waals surface area contributed by atoms with Crippen molar-refractivity contribution in [2.45, 2.75) is 19.3 Å². The first kappa shape index (κ1) is 11.3. The van der Waals surface area contributed by atoms with E-state index in [4.69, 9.17) is 10.5 Å². The second kappa shape index (κ2) is 5.75. The average molecular weight is 220 g/mol. The van der Waals surface area contributed by atoms with Gasteiger partial charge in [-0.2, -0.15) is 0 Å². The van der Waals surface area contributed by atoms with Gasteiger partial charge in [0.05, 0.1) is 11.4 Å². The molecule has 0 bridgehead atoms. The Kier molecular flexibility index (Phi) is 4.05. The molecule has 0 heterocycles. The van der Waals surface area contributed by atoms with Crippen molar-refractivity contribution in [3.63, 3.8) is 0 Å². The van der Waals surface area contributed by atoms with Gasteiger partial charge in [-0.3, -0.25) is 0 Å². The van der Waals surface area contributed by atoms with Gasteiger partial charge in [0.1, 0.15) is 0 Å². The Balaban J connectivity index is 1.55. The SMILES string of the molecule is Nc1ccccc1NCCCOCC1CC1. The molecule has 2 rings (SSSR count). The topological polar surface area (TPSA) is 47.3 Å². The Morgan fingerprint density at radius 3 is 2.88 bits per heavy atom. The van der Waals surface area contributed by atoms with Gasteiger partial charge in [-0.15, -0.1) is 0 Å². The summed E-state index contributed by atoms with van der Waals surface area (Å²) >= 11 is 0. The maximum absolute atomic E-state index is 5.82. The largest absolute Gasteiger partial charge is 0.397 e. The van der Waals surface area contributed by atoms with Crippen LogP contribution >= 0.6 is 0 Å². The Hall–Kier alpha value is -1.22. The van der Waals surface area contributed by atoms with Crippen LogP contribution < -0.4 is 11.1 Å². The molecule has 3 N–H and O–H groups in total. The van der Waals surface area contributed by atoms with Crippen LogP contribution in [0.15, 0.2) is 24.3 Å². The number of rotatable bonds is 7. The van der Waals surface area contributed by atoms with Crippen molar-refractivity contribution < 1.29 is 4.74 Å². The van der Waals surface area contributed by atoms with E-state index in [9.17, 15) is 0 Å². The van der Waals surface area contributed by atoms with Gasteiger partial charge in [-0.1, -0.05) is 12.1 Å². The van der Waals surface area contributed by atoms with Crippen LogP contribution in [0.5, 0.6) is 0 Å². The number of ether oxygens (including phenoxy) is 1. The third kappa shape index (κ3) is 3.74. The summed E-state index contributed by atoms with van der Waals surface area (Å²) in [6.07, 6.45) is 3.75. The zero-order valence-corrected chi connectivity index (χ0v) is 9.61. The first-order valence-corrected chi connectivity index (χ1v) is 6.02. The van der Waals surface area contributed by atoms with E-state index in [0.29, 0.717) is 0 Å². The lowest BCUT2D eigenvalue weighted by atomic mass is 10.2. The lowest BCUT2D eigenvalue weighted by Gasteiger charge is -2.08. The molecule has 0 unspecified atom stereocenters. The van der Waals surface area contributed by atoms with Crippen molar-refractivity contribution in [2.75, 3.05) is 30.8 Å².